The maximum atomic E-state index is 5.33. The third-order valence-electron chi connectivity index (χ3n) is 5.13. The first-order chi connectivity index (χ1) is 16.3. The van der Waals surface area contributed by atoms with Crippen LogP contribution in [0.4, 0.5) is 17.1 Å². The molecule has 0 bridgehead atoms. The molecule has 0 atom stereocenters. The van der Waals surface area contributed by atoms with Crippen LogP contribution in [-0.2, 0) is 0 Å². The van der Waals surface area contributed by atoms with Crippen molar-refractivity contribution >= 4 is 23.1 Å². The molecule has 1 N–H and O–H groups in total. The summed E-state index contributed by atoms with van der Waals surface area (Å²) in [5, 5.41) is 3.17. The van der Waals surface area contributed by atoms with Gasteiger partial charge in [0.15, 0.2) is 0 Å². The van der Waals surface area contributed by atoms with Gasteiger partial charge in [0, 0.05) is 23.6 Å². The number of hydrogen-bond donors (Lipinski definition) is 1. The van der Waals surface area contributed by atoms with Gasteiger partial charge in [-0.2, -0.15) is 0 Å². The van der Waals surface area contributed by atoms with Crippen LogP contribution in [0.1, 0.15) is 19.4 Å². The third kappa shape index (κ3) is 6.30. The molecule has 0 amide bonds. The number of ether oxygens (including phenoxy) is 2. The van der Waals surface area contributed by atoms with Crippen molar-refractivity contribution in [3.05, 3.63) is 108 Å². The first-order valence-corrected chi connectivity index (χ1v) is 11.2. The lowest BCUT2D eigenvalue weighted by Gasteiger charge is -2.26. The molecular formula is C29H32N2O2. The van der Waals surface area contributed by atoms with E-state index in [1.54, 1.807) is 14.2 Å². The molecule has 33 heavy (non-hydrogen) atoms. The van der Waals surface area contributed by atoms with Crippen molar-refractivity contribution in [2.24, 2.45) is 0 Å². The predicted molar refractivity (Wildman–Crippen MR) is 140 cm³/mol. The molecule has 0 fully saturated rings. The molecule has 3 aromatic rings. The second kappa shape index (κ2) is 12.2. The fraction of sp³-hybridized carbons (Fsp3) is 0.172. The number of methoxy groups -OCH3 is 2. The second-order valence-corrected chi connectivity index (χ2v) is 7.10. The largest absolute Gasteiger partial charge is 0.497 e. The topological polar surface area (TPSA) is 33.7 Å². The van der Waals surface area contributed by atoms with Gasteiger partial charge < -0.3 is 19.7 Å². The summed E-state index contributed by atoms with van der Waals surface area (Å²) in [4.78, 5) is 2.21. The lowest BCUT2D eigenvalue weighted by Crippen LogP contribution is -2.09. The third-order valence-corrected chi connectivity index (χ3v) is 5.13. The lowest BCUT2D eigenvalue weighted by molar-refractivity contribution is 0.415. The Morgan fingerprint density at radius 2 is 1.18 bits per heavy atom. The van der Waals surface area contributed by atoms with Crippen LogP contribution in [0.15, 0.2) is 103 Å². The Morgan fingerprint density at radius 1 is 0.697 bits per heavy atom. The molecule has 1 aliphatic heterocycles. The standard InChI is InChI=1S/C27H26N2O2.C2H6/c1-30-26-13-9-24(10-14-26)29(25-11-15-27(31-2)16-12-25)23-7-5-21(6-8-23)3-4-22-17-19-28-20-18-22;1-2/h3-19,28H,20H2,1-2H3;1-2H3/b4-3+;. The number of anilines is 3. The van der Waals surface area contributed by atoms with E-state index in [0.717, 1.165) is 40.7 Å². The van der Waals surface area contributed by atoms with Gasteiger partial charge in [-0.05, 0) is 84.1 Å². The van der Waals surface area contributed by atoms with Gasteiger partial charge in [-0.25, -0.2) is 0 Å². The van der Waals surface area contributed by atoms with Crippen molar-refractivity contribution in [1.82, 2.24) is 5.32 Å². The summed E-state index contributed by atoms with van der Waals surface area (Å²) in [5.74, 6) is 1.67. The Morgan fingerprint density at radius 3 is 1.61 bits per heavy atom. The molecule has 3 aromatic carbocycles. The van der Waals surface area contributed by atoms with Crippen molar-refractivity contribution in [3.63, 3.8) is 0 Å². The Balaban J connectivity index is 0.00000149. The molecule has 0 aromatic heterocycles. The number of nitrogens with one attached hydrogen (secondary N) is 1. The first-order valence-electron chi connectivity index (χ1n) is 11.2. The maximum absolute atomic E-state index is 5.33. The Hall–Kier alpha value is -3.92. The normalized spacial score (nSPS) is 12.3. The first kappa shape index (κ1) is 23.7. The van der Waals surface area contributed by atoms with Crippen molar-refractivity contribution in [2.75, 3.05) is 25.7 Å². The van der Waals surface area contributed by atoms with Gasteiger partial charge in [0.1, 0.15) is 11.5 Å². The van der Waals surface area contributed by atoms with E-state index in [0.29, 0.717) is 0 Å². The van der Waals surface area contributed by atoms with Crippen molar-refractivity contribution in [2.45, 2.75) is 13.8 Å². The van der Waals surface area contributed by atoms with Crippen molar-refractivity contribution in [1.29, 1.82) is 0 Å². The van der Waals surface area contributed by atoms with E-state index in [1.165, 1.54) is 5.57 Å². The van der Waals surface area contributed by atoms with E-state index in [4.69, 9.17) is 9.47 Å². The highest BCUT2D eigenvalue weighted by molar-refractivity contribution is 5.77. The van der Waals surface area contributed by atoms with E-state index in [1.807, 2.05) is 44.3 Å². The molecule has 1 heterocycles. The van der Waals surface area contributed by atoms with Crippen LogP contribution < -0.4 is 19.7 Å². The molecule has 0 radical (unpaired) electrons. The Kier molecular flexibility index (Phi) is 8.78. The van der Waals surface area contributed by atoms with Crippen LogP contribution in [0.5, 0.6) is 11.5 Å². The van der Waals surface area contributed by atoms with Gasteiger partial charge in [0.2, 0.25) is 0 Å². The minimum absolute atomic E-state index is 0.834. The van der Waals surface area contributed by atoms with E-state index in [9.17, 15) is 0 Å². The van der Waals surface area contributed by atoms with Crippen LogP contribution in [0.25, 0.3) is 6.08 Å². The predicted octanol–water partition coefficient (Wildman–Crippen LogP) is 7.26. The molecule has 0 aliphatic carbocycles. The minimum atomic E-state index is 0.834. The summed E-state index contributed by atoms with van der Waals surface area (Å²) in [6.45, 7) is 4.87. The van der Waals surface area contributed by atoms with Crippen LogP contribution in [0, 0.1) is 0 Å². The van der Waals surface area contributed by atoms with Crippen molar-refractivity contribution < 1.29 is 9.47 Å². The fourth-order valence-corrected chi connectivity index (χ4v) is 3.43. The van der Waals surface area contributed by atoms with Crippen LogP contribution in [0.2, 0.25) is 0 Å². The summed E-state index contributed by atoms with van der Waals surface area (Å²) in [7, 11) is 3.36. The second-order valence-electron chi connectivity index (χ2n) is 7.10. The molecule has 4 heteroatoms. The lowest BCUT2D eigenvalue weighted by atomic mass is 10.1. The zero-order chi connectivity index (χ0) is 23.5. The average molecular weight is 441 g/mol. The highest BCUT2D eigenvalue weighted by atomic mass is 16.5. The van der Waals surface area contributed by atoms with Gasteiger partial charge in [0.25, 0.3) is 0 Å². The highest BCUT2D eigenvalue weighted by Gasteiger charge is 2.12. The molecule has 0 saturated carbocycles. The molecule has 170 valence electrons. The summed E-state index contributed by atoms with van der Waals surface area (Å²) in [6, 6.07) is 24.7. The van der Waals surface area contributed by atoms with E-state index in [2.05, 4.69) is 83.1 Å². The summed E-state index contributed by atoms with van der Waals surface area (Å²) < 4.78 is 10.7. The maximum Gasteiger partial charge on any atom is 0.119 e. The number of allylic oxidation sites excluding steroid dienone is 3. The number of rotatable bonds is 7. The molecule has 0 unspecified atom stereocenters. The van der Waals surface area contributed by atoms with Gasteiger partial charge in [0.05, 0.1) is 14.2 Å². The zero-order valence-corrected chi connectivity index (χ0v) is 19.8. The van der Waals surface area contributed by atoms with E-state index in [-0.39, 0.29) is 0 Å². The number of hydrogen-bond acceptors (Lipinski definition) is 4. The quantitative estimate of drug-likeness (QED) is 0.419. The zero-order valence-electron chi connectivity index (χ0n) is 19.8. The van der Waals surface area contributed by atoms with E-state index < -0.39 is 0 Å². The molecular weight excluding hydrogens is 408 g/mol. The molecule has 4 nitrogen and oxygen atoms in total. The highest BCUT2D eigenvalue weighted by Crippen LogP contribution is 2.36. The fourth-order valence-electron chi connectivity index (χ4n) is 3.43. The van der Waals surface area contributed by atoms with Crippen LogP contribution in [-0.4, -0.2) is 20.8 Å². The van der Waals surface area contributed by atoms with Gasteiger partial charge >= 0.3 is 0 Å². The molecule has 1 aliphatic rings. The summed E-state index contributed by atoms with van der Waals surface area (Å²) in [6.07, 6.45) is 10.5. The molecule has 0 spiro atoms. The number of dihydropyridines is 1. The molecule has 4 rings (SSSR count). The van der Waals surface area contributed by atoms with Gasteiger partial charge in [-0.15, -0.1) is 0 Å². The summed E-state index contributed by atoms with van der Waals surface area (Å²) >= 11 is 0. The average Bonchev–Trinajstić information content (AvgIpc) is 2.91. The number of benzene rings is 3. The Bertz CT molecular complexity index is 1030. The van der Waals surface area contributed by atoms with Crippen LogP contribution in [0.3, 0.4) is 0 Å². The smallest absolute Gasteiger partial charge is 0.119 e. The van der Waals surface area contributed by atoms with Gasteiger partial charge in [-0.1, -0.05) is 44.2 Å². The monoisotopic (exact) mass is 440 g/mol. The van der Waals surface area contributed by atoms with Crippen LogP contribution >= 0.6 is 0 Å². The minimum Gasteiger partial charge on any atom is -0.497 e. The Labute approximate surface area is 197 Å². The SMILES string of the molecule is CC.COc1ccc(N(c2ccc(/C=C/C3=CCNC=C3)cc2)c2ccc(OC)cc2)cc1. The summed E-state index contributed by atoms with van der Waals surface area (Å²) in [5.41, 5.74) is 5.55. The number of nitrogens with zero attached hydrogens (tertiary/aromatic N) is 1. The van der Waals surface area contributed by atoms with Crippen molar-refractivity contribution in [3.8, 4) is 11.5 Å². The van der Waals surface area contributed by atoms with Gasteiger partial charge in [-0.3, -0.25) is 0 Å². The molecule has 0 saturated heterocycles. The van der Waals surface area contributed by atoms with E-state index >= 15 is 0 Å².